The van der Waals surface area contributed by atoms with Crippen LogP contribution in [0.2, 0.25) is 5.02 Å². The topological polar surface area (TPSA) is 392 Å². The maximum atomic E-state index is 11.9. The van der Waals surface area contributed by atoms with Gasteiger partial charge in [0.1, 0.15) is 116 Å². The van der Waals surface area contributed by atoms with Crippen molar-refractivity contribution in [1.29, 1.82) is 0 Å². The number of halogens is 1. The molecular weight excluding hydrogens is 1910 g/mol. The maximum absolute atomic E-state index is 11.9. The number of carbonyl (C=O) groups excluding carboxylic acids is 1. The van der Waals surface area contributed by atoms with Gasteiger partial charge in [-0.3, -0.25) is 14.8 Å². The molecule has 0 radical (unpaired) electrons. The second kappa shape index (κ2) is 58.3. The molecule has 34 nitrogen and oxygen atoms in total. The average molecular weight is 2060 g/mol. The first-order chi connectivity index (χ1) is 72.4. The summed E-state index contributed by atoms with van der Waals surface area (Å²) in [4.78, 5) is 69.1. The van der Waals surface area contributed by atoms with Crippen molar-refractivity contribution >= 4 is 40.8 Å². The van der Waals surface area contributed by atoms with Crippen LogP contribution < -0.4 is 74.4 Å². The van der Waals surface area contributed by atoms with Gasteiger partial charge in [0.25, 0.3) is 0 Å². The Kier molecular flexibility index (Phi) is 44.3. The van der Waals surface area contributed by atoms with Gasteiger partial charge in [-0.1, -0.05) is 75.2 Å². The summed E-state index contributed by atoms with van der Waals surface area (Å²) in [5.41, 5.74) is 15.5. The van der Waals surface area contributed by atoms with Crippen LogP contribution in [-0.4, -0.2) is 306 Å². The highest BCUT2D eigenvalue weighted by Crippen LogP contribution is 2.41. The van der Waals surface area contributed by atoms with Crippen LogP contribution >= 0.6 is 11.6 Å². The lowest BCUT2D eigenvalue weighted by Gasteiger charge is -2.33. The molecule has 1 amide bonds. The van der Waals surface area contributed by atoms with Gasteiger partial charge in [0.05, 0.1) is 36.5 Å². The van der Waals surface area contributed by atoms with Crippen LogP contribution in [0.5, 0.6) is 40.2 Å². The molecule has 0 spiro atoms. The van der Waals surface area contributed by atoms with E-state index in [0.29, 0.717) is 128 Å². The Morgan fingerprint density at radius 3 is 1.54 bits per heavy atom. The molecule has 3 saturated heterocycles. The Labute approximate surface area is 881 Å². The number of aliphatic hydroxyl groups is 4. The third kappa shape index (κ3) is 33.5. The van der Waals surface area contributed by atoms with E-state index >= 15 is 0 Å². The normalized spacial score (nSPS) is 14.3. The molecule has 4 atom stereocenters. The van der Waals surface area contributed by atoms with E-state index in [2.05, 4.69) is 123 Å². The molecule has 149 heavy (non-hydrogen) atoms. The largest absolute Gasteiger partial charge is 0.496 e. The zero-order chi connectivity index (χ0) is 106. The summed E-state index contributed by atoms with van der Waals surface area (Å²) in [6, 6.07) is 55.3. The number of fused-ring (bicyclic) bond motifs is 1. The number of nitrogens with one attached hydrogen (secondary N) is 5. The van der Waals surface area contributed by atoms with Gasteiger partial charge >= 0.3 is 0 Å². The summed E-state index contributed by atoms with van der Waals surface area (Å²) in [6.45, 7) is 23.5. The Bertz CT molecular complexity index is 6220. The van der Waals surface area contributed by atoms with E-state index in [1.807, 2.05) is 152 Å². The number of nitrogens with zero attached hydrogens (tertiary/aromatic N) is 14. The SMILES string of the molecule is CCCCN(CCOC)c1cc(-c2ccc3c(c2)OCCO3)nc(-c2cccc(OCC(O)CNC)c2)n1.CCc1cc(-c2cc(N(C)C3CCOCC3)nc(-c3cccc(OCC(O)CNC)c3)n2)ccc1OC.CCc1cc(-c2cc(NCCCN3CCCC3=O)nc(-c3cccc(OCC(O)CNC)c3)n2)ccn1.CNCC(O)COc1cc(Cl)cc(-c2nc(-c3cc(C)nc(C)c3)c(C)c(N(C)C3CCOCC3)n2)c1. The Morgan fingerprint density at radius 1 is 0.483 bits per heavy atom. The number of benzene rings is 6. The van der Waals surface area contributed by atoms with E-state index in [-0.39, 0.29) is 32.3 Å². The van der Waals surface area contributed by atoms with Gasteiger partial charge in [-0.15, -0.1) is 0 Å². The van der Waals surface area contributed by atoms with Gasteiger partial charge in [-0.25, -0.2) is 39.9 Å². The smallest absolute Gasteiger partial charge is 0.222 e. The number of aromatic nitrogens is 10. The second-order valence-corrected chi connectivity index (χ2v) is 37.7. The average Bonchev–Trinajstić information content (AvgIpc) is 0.817. The minimum absolute atomic E-state index is 0.147. The molecule has 6 aromatic carbocycles. The fourth-order valence-electron chi connectivity index (χ4n) is 17.8. The van der Waals surface area contributed by atoms with Crippen LogP contribution in [0.1, 0.15) is 107 Å². The lowest BCUT2D eigenvalue weighted by Crippen LogP contribution is -2.37. The van der Waals surface area contributed by atoms with E-state index in [9.17, 15) is 25.2 Å². The molecule has 6 aromatic heterocycles. The van der Waals surface area contributed by atoms with Crippen molar-refractivity contribution in [3.63, 3.8) is 0 Å². The van der Waals surface area contributed by atoms with Crippen molar-refractivity contribution in [3.8, 4) is 131 Å². The molecule has 0 bridgehead atoms. The molecule has 796 valence electrons. The summed E-state index contributed by atoms with van der Waals surface area (Å²) < 4.78 is 57.0. The quantitative estimate of drug-likeness (QED) is 0.0160. The van der Waals surface area contributed by atoms with Crippen molar-refractivity contribution < 1.29 is 72.6 Å². The molecule has 35 heteroatoms. The number of likely N-dealkylation sites (tertiary alicyclic amines) is 1. The molecule has 16 rings (SSSR count). The number of ether oxygens (including phenoxy) is 10. The molecule has 4 unspecified atom stereocenters. The standard InChI is InChI=1S/C29H38N4O5.C29H38N4O4.C28H36ClN5O3.C28H36N6O3/c1-4-5-11-33(12-13-35-3)28-18-25(21-9-10-26-27(17-21)37-15-14-36-26)31-29(32-28)22-7-6-8-24(16-22)38-20-23(34)19-30-2;1-5-20-15-21(9-10-27(20)35-4)26-17-28(33(3)23-11-13-36-14-12-23)32-29(31-26)22-7-6-8-25(16-22)37-19-24(34)18-30-2;1-17-10-20(11-18(2)31-17)26-19(3)28(34(5)23-6-8-36-9-7-23)33-27(32-26)21-12-22(29)14-25(13-21)37-16-24(35)15-30-4;1-3-22-15-20(10-12-30-22)25-17-26(31-11-6-14-34-13-5-9-27(34)36)33-28(32-25)21-7-4-8-24(16-21)37-19-23(35)18-29-2/h6-10,16-18,23,30,34H,4-5,11-15,19-20H2,1-3H3;6-10,15-17,23-24,30,34H,5,11-14,18-19H2,1-4H3;10-14,23-24,30,35H,6-9,15-16H2,1-5H3;4,7-8,10,12,15-17,23,29,35H,3,5-6,9,11,13-14,18-19H2,1-2H3,(H,31,32,33). The van der Waals surface area contributed by atoms with E-state index in [1.165, 1.54) is 0 Å². The molecule has 4 aliphatic rings. The number of aryl methyl sites for hydroxylation is 4. The number of anilines is 4. The Hall–Kier alpha value is -12.9. The number of unbranched alkanes of at least 4 members (excludes halogenated alkanes) is 1. The van der Waals surface area contributed by atoms with E-state index in [0.717, 1.165) is 247 Å². The lowest BCUT2D eigenvalue weighted by molar-refractivity contribution is -0.127. The molecule has 0 aliphatic carbocycles. The van der Waals surface area contributed by atoms with Crippen molar-refractivity contribution in [2.24, 2.45) is 0 Å². The molecule has 9 N–H and O–H groups in total. The van der Waals surface area contributed by atoms with Gasteiger partial charge < -0.3 is 114 Å². The summed E-state index contributed by atoms with van der Waals surface area (Å²) in [7, 11) is 14.8. The van der Waals surface area contributed by atoms with E-state index < -0.39 is 24.4 Å². The zero-order valence-electron chi connectivity index (χ0n) is 88.5. The van der Waals surface area contributed by atoms with Crippen LogP contribution in [-0.2, 0) is 31.8 Å². The zero-order valence-corrected chi connectivity index (χ0v) is 89.3. The Morgan fingerprint density at radius 2 is 1.00 bits per heavy atom. The van der Waals surface area contributed by atoms with Crippen LogP contribution in [0.4, 0.5) is 23.3 Å². The molecule has 10 heterocycles. The van der Waals surface area contributed by atoms with Gasteiger partial charge in [0.2, 0.25) is 5.91 Å². The third-order valence-corrected chi connectivity index (χ3v) is 26.0. The second-order valence-electron chi connectivity index (χ2n) is 37.3. The summed E-state index contributed by atoms with van der Waals surface area (Å²) in [6.07, 6.45) is 9.49. The third-order valence-electron chi connectivity index (χ3n) is 25.8. The predicted octanol–water partition coefficient (Wildman–Crippen LogP) is 15.3. The van der Waals surface area contributed by atoms with Crippen LogP contribution in [0.3, 0.4) is 0 Å². The monoisotopic (exact) mass is 2060 g/mol. The summed E-state index contributed by atoms with van der Waals surface area (Å²) in [5.74, 6) is 10.8. The van der Waals surface area contributed by atoms with Gasteiger partial charge in [-0.2, -0.15) is 0 Å². The number of rotatable bonds is 47. The van der Waals surface area contributed by atoms with Crippen molar-refractivity contribution in [2.75, 3.05) is 208 Å². The van der Waals surface area contributed by atoms with Crippen molar-refractivity contribution in [1.82, 2.24) is 76.0 Å². The van der Waals surface area contributed by atoms with Crippen LogP contribution in [0.15, 0.2) is 176 Å². The molecule has 12 aromatic rings. The Balaban J connectivity index is 0.000000166. The number of hydrogen-bond donors (Lipinski definition) is 9. The fraction of sp³-hybridized carbons (Fsp3) is 0.447. The van der Waals surface area contributed by atoms with Gasteiger partial charge in [0, 0.05) is 222 Å². The molecule has 3 fully saturated rings. The summed E-state index contributed by atoms with van der Waals surface area (Å²) in [5, 5.41) is 55.8. The highest BCUT2D eigenvalue weighted by Gasteiger charge is 2.29. The minimum Gasteiger partial charge on any atom is -0.496 e. The van der Waals surface area contributed by atoms with E-state index in [1.54, 1.807) is 54.7 Å². The van der Waals surface area contributed by atoms with Gasteiger partial charge in [0.15, 0.2) is 34.8 Å². The minimum atomic E-state index is -0.632. The number of carbonyl (C=O) groups is 1. The summed E-state index contributed by atoms with van der Waals surface area (Å²) >= 11 is 6.49. The van der Waals surface area contributed by atoms with E-state index in [4.69, 9.17) is 98.8 Å². The molecular formula is C114H148ClN19O15. The van der Waals surface area contributed by atoms with Crippen molar-refractivity contribution in [3.05, 3.63) is 209 Å². The highest BCUT2D eigenvalue weighted by atomic mass is 35.5. The number of likely N-dealkylation sites (N-methyl/N-ethyl adjacent to an activating group) is 4. The first-order valence-corrected chi connectivity index (χ1v) is 52.2. The fourth-order valence-corrected chi connectivity index (χ4v) is 18.0. The number of pyridine rings is 2. The predicted molar refractivity (Wildman–Crippen MR) is 587 cm³/mol. The number of amides is 1. The van der Waals surface area contributed by atoms with Crippen LogP contribution in [0.25, 0.3) is 90.6 Å². The lowest BCUT2D eigenvalue weighted by atomic mass is 10.0. The van der Waals surface area contributed by atoms with Crippen molar-refractivity contribution in [2.45, 2.75) is 149 Å². The number of methoxy groups -OCH3 is 2. The molecule has 0 saturated carbocycles. The van der Waals surface area contributed by atoms with Crippen LogP contribution in [0, 0.1) is 20.8 Å². The highest BCUT2D eigenvalue weighted by molar-refractivity contribution is 6.31. The van der Waals surface area contributed by atoms with Gasteiger partial charge in [-0.05, 0) is 228 Å². The first-order valence-electron chi connectivity index (χ1n) is 51.8. The number of hydrogen-bond acceptors (Lipinski definition) is 33. The molecule has 4 aliphatic heterocycles. The maximum Gasteiger partial charge on any atom is 0.222 e. The first kappa shape index (κ1) is 113. The number of aliphatic hydroxyl groups excluding tert-OH is 4.